The van der Waals surface area contributed by atoms with Gasteiger partial charge in [-0.25, -0.2) is 0 Å². The average Bonchev–Trinajstić information content (AvgIpc) is 2.84. The van der Waals surface area contributed by atoms with Gasteiger partial charge in [-0.2, -0.15) is 0 Å². The van der Waals surface area contributed by atoms with Gasteiger partial charge in [-0.05, 0) is 77.2 Å². The standard InChI is InChI=1S/C40H56O2/c1-29(17-13-19-31(3)21-23-37-33(5)25-35(41)27-39(37,7)8)15-11-12-16-30(2)18-14-20-32(4)22-24-38-34(6)26-36(42)28-40(38,9)10/h11-25,35-37,41-42H,26-28H2,1-10H3/b12-11+,17-13+,18-14+,23-21?,24-22+,29-15+,30-16+,31-19+,32-20+/t35?,36-,37?/m1/s1. The zero-order chi connectivity index (χ0) is 31.5. The molecule has 2 aliphatic rings. The lowest BCUT2D eigenvalue weighted by Gasteiger charge is -2.38. The zero-order valence-electron chi connectivity index (χ0n) is 27.9. The molecule has 2 nitrogen and oxygen atoms in total. The van der Waals surface area contributed by atoms with E-state index in [1.807, 2.05) is 6.08 Å². The van der Waals surface area contributed by atoms with E-state index in [2.05, 4.69) is 154 Å². The molecule has 2 heteroatoms. The van der Waals surface area contributed by atoms with Crippen molar-refractivity contribution in [1.82, 2.24) is 0 Å². The van der Waals surface area contributed by atoms with Gasteiger partial charge in [0.2, 0.25) is 0 Å². The molecule has 0 aromatic rings. The van der Waals surface area contributed by atoms with Crippen molar-refractivity contribution in [3.8, 4) is 0 Å². The molecule has 0 saturated heterocycles. The SMILES string of the molecule is CC1=CC(O)CC(C)(C)C1C=C/C(C)=C/C=C/C(C)=C/C=C/C=C(C)/C=C/C=C(C)/C=C/C1=C(C)C[C@@H](O)CC1(C)C. The van der Waals surface area contributed by atoms with Crippen LogP contribution >= 0.6 is 0 Å². The van der Waals surface area contributed by atoms with Gasteiger partial charge in [0.05, 0.1) is 12.2 Å². The molecule has 0 fully saturated rings. The second kappa shape index (κ2) is 16.1. The molecule has 0 radical (unpaired) electrons. The van der Waals surface area contributed by atoms with Gasteiger partial charge < -0.3 is 10.2 Å². The van der Waals surface area contributed by atoms with Crippen LogP contribution in [0, 0.1) is 16.7 Å². The molecule has 0 saturated carbocycles. The van der Waals surface area contributed by atoms with Crippen molar-refractivity contribution >= 4 is 0 Å². The molecule has 2 aliphatic carbocycles. The number of aliphatic hydroxyl groups excluding tert-OH is 2. The van der Waals surface area contributed by atoms with Crippen molar-refractivity contribution in [2.45, 2.75) is 101 Å². The third-order valence-electron chi connectivity index (χ3n) is 8.33. The Bertz CT molecular complexity index is 1270. The summed E-state index contributed by atoms with van der Waals surface area (Å²) in [7, 11) is 0. The van der Waals surface area contributed by atoms with Crippen LogP contribution in [0.15, 0.2) is 130 Å². The van der Waals surface area contributed by atoms with Crippen molar-refractivity contribution in [2.24, 2.45) is 16.7 Å². The minimum absolute atomic E-state index is 0.00528. The highest BCUT2D eigenvalue weighted by Gasteiger charge is 2.34. The minimum atomic E-state index is -0.331. The summed E-state index contributed by atoms with van der Waals surface area (Å²) >= 11 is 0. The van der Waals surface area contributed by atoms with Crippen LogP contribution in [0.2, 0.25) is 0 Å². The predicted octanol–water partition coefficient (Wildman–Crippen LogP) is 10.4. The van der Waals surface area contributed by atoms with Crippen LogP contribution in [-0.4, -0.2) is 22.4 Å². The van der Waals surface area contributed by atoms with Crippen molar-refractivity contribution in [1.29, 1.82) is 0 Å². The van der Waals surface area contributed by atoms with Gasteiger partial charge in [-0.3, -0.25) is 0 Å². The lowest BCUT2D eigenvalue weighted by Crippen LogP contribution is -2.32. The first-order chi connectivity index (χ1) is 19.6. The van der Waals surface area contributed by atoms with Crippen molar-refractivity contribution in [3.05, 3.63) is 130 Å². The van der Waals surface area contributed by atoms with E-state index in [1.54, 1.807) is 0 Å². The summed E-state index contributed by atoms with van der Waals surface area (Å²) in [5.41, 5.74) is 8.73. The fraction of sp³-hybridized carbons (Fsp3) is 0.450. The first-order valence-corrected chi connectivity index (χ1v) is 15.4. The molecule has 228 valence electrons. The number of rotatable bonds is 10. The molecule has 0 heterocycles. The summed E-state index contributed by atoms with van der Waals surface area (Å²) < 4.78 is 0. The summed E-state index contributed by atoms with van der Waals surface area (Å²) in [6.45, 7) is 21.6. The molecular weight excluding hydrogens is 512 g/mol. The van der Waals surface area contributed by atoms with Crippen LogP contribution in [0.3, 0.4) is 0 Å². The van der Waals surface area contributed by atoms with E-state index in [9.17, 15) is 10.2 Å². The summed E-state index contributed by atoms with van der Waals surface area (Å²) in [5.74, 6) is 0.348. The summed E-state index contributed by atoms with van der Waals surface area (Å²) in [4.78, 5) is 0. The van der Waals surface area contributed by atoms with E-state index in [4.69, 9.17) is 0 Å². The lowest BCUT2D eigenvalue weighted by atomic mass is 9.67. The maximum absolute atomic E-state index is 10.1. The van der Waals surface area contributed by atoms with Gasteiger partial charge in [-0.15, -0.1) is 0 Å². The fourth-order valence-corrected chi connectivity index (χ4v) is 6.14. The van der Waals surface area contributed by atoms with Gasteiger partial charge in [0.15, 0.2) is 0 Å². The molecule has 2 N–H and O–H groups in total. The van der Waals surface area contributed by atoms with E-state index < -0.39 is 0 Å². The van der Waals surface area contributed by atoms with E-state index >= 15 is 0 Å². The summed E-state index contributed by atoms with van der Waals surface area (Å²) in [6.07, 6.45) is 33.8. The maximum atomic E-state index is 10.1. The first kappa shape index (κ1) is 35.3. The monoisotopic (exact) mass is 568 g/mol. The highest BCUT2D eigenvalue weighted by molar-refractivity contribution is 5.38. The van der Waals surface area contributed by atoms with E-state index in [-0.39, 0.29) is 23.0 Å². The summed E-state index contributed by atoms with van der Waals surface area (Å²) in [5, 5.41) is 20.2. The van der Waals surface area contributed by atoms with Crippen LogP contribution in [-0.2, 0) is 0 Å². The van der Waals surface area contributed by atoms with E-state index in [0.717, 1.165) is 19.3 Å². The molecule has 0 aromatic carbocycles. The van der Waals surface area contributed by atoms with E-state index in [0.29, 0.717) is 5.92 Å². The Hall–Kier alpha value is -2.94. The molecule has 2 unspecified atom stereocenters. The number of hydrogen-bond acceptors (Lipinski definition) is 2. The van der Waals surface area contributed by atoms with Crippen LogP contribution in [0.4, 0.5) is 0 Å². The van der Waals surface area contributed by atoms with Gasteiger partial charge in [0.25, 0.3) is 0 Å². The Balaban J connectivity index is 1.90. The third-order valence-corrected chi connectivity index (χ3v) is 8.33. The average molecular weight is 569 g/mol. The smallest absolute Gasteiger partial charge is 0.0729 e. The van der Waals surface area contributed by atoms with Crippen LogP contribution in [0.1, 0.15) is 88.5 Å². The zero-order valence-corrected chi connectivity index (χ0v) is 27.9. The van der Waals surface area contributed by atoms with Crippen molar-refractivity contribution < 1.29 is 10.2 Å². The molecule has 0 amide bonds. The quantitative estimate of drug-likeness (QED) is 0.203. The van der Waals surface area contributed by atoms with Gasteiger partial charge in [0, 0.05) is 5.92 Å². The molecule has 3 atom stereocenters. The number of hydrogen-bond donors (Lipinski definition) is 2. The van der Waals surface area contributed by atoms with Crippen molar-refractivity contribution in [2.75, 3.05) is 0 Å². The molecule has 2 rings (SSSR count). The Labute approximate surface area is 257 Å². The fourth-order valence-electron chi connectivity index (χ4n) is 6.14. The van der Waals surface area contributed by atoms with Crippen LogP contribution in [0.5, 0.6) is 0 Å². The predicted molar refractivity (Wildman–Crippen MR) is 184 cm³/mol. The normalized spacial score (nSPS) is 26.6. The molecule has 0 aromatic heterocycles. The van der Waals surface area contributed by atoms with Crippen LogP contribution < -0.4 is 0 Å². The Kier molecular flexibility index (Phi) is 13.5. The Morgan fingerprint density at radius 2 is 1.21 bits per heavy atom. The Morgan fingerprint density at radius 3 is 1.74 bits per heavy atom. The molecule has 0 spiro atoms. The highest BCUT2D eigenvalue weighted by atomic mass is 16.3. The second-order valence-electron chi connectivity index (χ2n) is 13.7. The molecule has 0 bridgehead atoms. The summed E-state index contributed by atoms with van der Waals surface area (Å²) in [6, 6.07) is 0. The van der Waals surface area contributed by atoms with Crippen LogP contribution in [0.25, 0.3) is 0 Å². The number of allylic oxidation sites excluding steroid dienone is 20. The van der Waals surface area contributed by atoms with Gasteiger partial charge >= 0.3 is 0 Å². The Morgan fingerprint density at radius 1 is 0.714 bits per heavy atom. The molecule has 42 heavy (non-hydrogen) atoms. The third kappa shape index (κ3) is 11.7. The maximum Gasteiger partial charge on any atom is 0.0729 e. The van der Waals surface area contributed by atoms with Crippen molar-refractivity contribution in [3.63, 3.8) is 0 Å². The van der Waals surface area contributed by atoms with Gasteiger partial charge in [0.1, 0.15) is 0 Å². The minimum Gasteiger partial charge on any atom is -0.393 e. The largest absolute Gasteiger partial charge is 0.393 e. The molecule has 0 aliphatic heterocycles. The first-order valence-electron chi connectivity index (χ1n) is 15.4. The number of aliphatic hydroxyl groups is 2. The van der Waals surface area contributed by atoms with E-state index in [1.165, 1.54) is 39.0 Å². The van der Waals surface area contributed by atoms with Gasteiger partial charge in [-0.1, -0.05) is 152 Å². The highest BCUT2D eigenvalue weighted by Crippen LogP contribution is 2.42. The lowest BCUT2D eigenvalue weighted by molar-refractivity contribution is 0.116. The second-order valence-corrected chi connectivity index (χ2v) is 13.7. The topological polar surface area (TPSA) is 40.5 Å². The molecular formula is C40H56O2.